The van der Waals surface area contributed by atoms with Crippen molar-refractivity contribution in [1.82, 2.24) is 0 Å². The van der Waals surface area contributed by atoms with Crippen LogP contribution in [0.25, 0.3) is 0 Å². The number of rotatable bonds is 4. The van der Waals surface area contributed by atoms with Gasteiger partial charge in [-0.3, -0.25) is 0 Å². The lowest BCUT2D eigenvalue weighted by Gasteiger charge is -2.11. The van der Waals surface area contributed by atoms with Gasteiger partial charge in [-0.25, -0.2) is 4.39 Å². The van der Waals surface area contributed by atoms with E-state index in [0.717, 1.165) is 4.90 Å². The molecule has 0 bridgehead atoms. The van der Waals surface area contributed by atoms with E-state index in [2.05, 4.69) is 0 Å². The highest BCUT2D eigenvalue weighted by Gasteiger charge is 2.07. The fourth-order valence-corrected chi connectivity index (χ4v) is 2.08. The lowest BCUT2D eigenvalue weighted by molar-refractivity contribution is 0.289. The molecule has 0 fully saturated rings. The molecule has 0 heterocycles. The topological polar surface area (TPSA) is 46.2 Å². The predicted octanol–water partition coefficient (Wildman–Crippen LogP) is 2.27. The zero-order valence-corrected chi connectivity index (χ0v) is 8.85. The first kappa shape index (κ1) is 11.3. The molecule has 14 heavy (non-hydrogen) atoms. The number of halogens is 1. The Hall–Kier alpha value is -0.740. The minimum Gasteiger partial charge on any atom is -0.398 e. The number of hydrogen-bond donors (Lipinski definition) is 2. The highest BCUT2D eigenvalue weighted by molar-refractivity contribution is 8.00. The third-order valence-corrected chi connectivity index (χ3v) is 3.10. The number of nitrogens with two attached hydrogens (primary N) is 1. The summed E-state index contributed by atoms with van der Waals surface area (Å²) in [6.45, 7) is 2.17. The lowest BCUT2D eigenvalue weighted by atomic mass is 10.3. The van der Waals surface area contributed by atoms with Crippen LogP contribution in [0.1, 0.15) is 13.3 Å². The van der Waals surface area contributed by atoms with Crippen LogP contribution in [0.5, 0.6) is 0 Å². The van der Waals surface area contributed by atoms with Gasteiger partial charge in [0.15, 0.2) is 0 Å². The molecule has 3 N–H and O–H groups in total. The largest absolute Gasteiger partial charge is 0.398 e. The van der Waals surface area contributed by atoms with E-state index in [4.69, 9.17) is 10.8 Å². The zero-order valence-electron chi connectivity index (χ0n) is 8.03. The van der Waals surface area contributed by atoms with Crippen LogP contribution in [0, 0.1) is 5.82 Å². The van der Waals surface area contributed by atoms with Crippen molar-refractivity contribution < 1.29 is 9.50 Å². The fraction of sp³-hybridized carbons (Fsp3) is 0.400. The average Bonchev–Trinajstić information content (AvgIpc) is 2.10. The van der Waals surface area contributed by atoms with Gasteiger partial charge in [0.05, 0.1) is 0 Å². The number of benzene rings is 1. The zero-order chi connectivity index (χ0) is 10.6. The molecule has 1 rings (SSSR count). The first-order valence-electron chi connectivity index (χ1n) is 4.46. The molecule has 1 aromatic carbocycles. The summed E-state index contributed by atoms with van der Waals surface area (Å²) in [7, 11) is 0. The van der Waals surface area contributed by atoms with Crippen molar-refractivity contribution in [2.24, 2.45) is 0 Å². The molecule has 0 aliphatic rings. The lowest BCUT2D eigenvalue weighted by Crippen LogP contribution is -2.00. The third kappa shape index (κ3) is 3.20. The molecule has 78 valence electrons. The number of aliphatic hydroxyl groups excluding tert-OH is 1. The maximum Gasteiger partial charge on any atom is 0.125 e. The van der Waals surface area contributed by atoms with Gasteiger partial charge in [0.2, 0.25) is 0 Å². The molecule has 0 saturated carbocycles. The normalized spacial score (nSPS) is 12.8. The van der Waals surface area contributed by atoms with Crippen LogP contribution in [-0.4, -0.2) is 17.0 Å². The SMILES string of the molecule is CC(CCO)Sc1ccc(F)cc1N. The Morgan fingerprint density at radius 1 is 1.57 bits per heavy atom. The quantitative estimate of drug-likeness (QED) is 0.598. The van der Waals surface area contributed by atoms with Crippen LogP contribution in [0.4, 0.5) is 10.1 Å². The van der Waals surface area contributed by atoms with Gasteiger partial charge in [-0.05, 0) is 24.6 Å². The summed E-state index contributed by atoms with van der Waals surface area (Å²) in [5.74, 6) is -0.318. The van der Waals surface area contributed by atoms with E-state index >= 15 is 0 Å². The van der Waals surface area contributed by atoms with Gasteiger partial charge >= 0.3 is 0 Å². The average molecular weight is 215 g/mol. The first-order valence-corrected chi connectivity index (χ1v) is 5.34. The first-order chi connectivity index (χ1) is 6.63. The van der Waals surface area contributed by atoms with Crippen LogP contribution in [0.2, 0.25) is 0 Å². The molecule has 1 atom stereocenters. The molecule has 0 aliphatic heterocycles. The van der Waals surface area contributed by atoms with Gasteiger partial charge in [0.25, 0.3) is 0 Å². The highest BCUT2D eigenvalue weighted by Crippen LogP contribution is 2.30. The Morgan fingerprint density at radius 2 is 2.29 bits per heavy atom. The molecule has 4 heteroatoms. The third-order valence-electron chi connectivity index (χ3n) is 1.84. The molecular formula is C10H14FNOS. The van der Waals surface area contributed by atoms with Crippen LogP contribution >= 0.6 is 11.8 Å². The van der Waals surface area contributed by atoms with Gasteiger partial charge in [-0.1, -0.05) is 6.92 Å². The minimum atomic E-state index is -0.318. The summed E-state index contributed by atoms with van der Waals surface area (Å²) in [6.07, 6.45) is 0.710. The predicted molar refractivity (Wildman–Crippen MR) is 57.8 cm³/mol. The van der Waals surface area contributed by atoms with Crippen LogP contribution in [0.3, 0.4) is 0 Å². The van der Waals surface area contributed by atoms with Crippen molar-refractivity contribution >= 4 is 17.4 Å². The number of anilines is 1. The molecule has 0 saturated heterocycles. The van der Waals surface area contributed by atoms with E-state index in [0.29, 0.717) is 12.1 Å². The van der Waals surface area contributed by atoms with E-state index in [9.17, 15) is 4.39 Å². The Morgan fingerprint density at radius 3 is 2.86 bits per heavy atom. The van der Waals surface area contributed by atoms with Gasteiger partial charge < -0.3 is 10.8 Å². The summed E-state index contributed by atoms with van der Waals surface area (Å²) in [6, 6.07) is 4.38. The van der Waals surface area contributed by atoms with E-state index in [-0.39, 0.29) is 17.7 Å². The van der Waals surface area contributed by atoms with Crippen molar-refractivity contribution in [3.05, 3.63) is 24.0 Å². The molecule has 0 aliphatic carbocycles. The van der Waals surface area contributed by atoms with Gasteiger partial charge in [0.1, 0.15) is 5.82 Å². The van der Waals surface area contributed by atoms with E-state index < -0.39 is 0 Å². The Balaban J connectivity index is 2.67. The smallest absolute Gasteiger partial charge is 0.125 e. The maximum absolute atomic E-state index is 12.7. The molecule has 1 unspecified atom stereocenters. The van der Waals surface area contributed by atoms with E-state index in [1.807, 2.05) is 6.92 Å². The van der Waals surface area contributed by atoms with Crippen molar-refractivity contribution in [3.63, 3.8) is 0 Å². The number of aliphatic hydroxyl groups is 1. The van der Waals surface area contributed by atoms with Crippen molar-refractivity contribution in [1.29, 1.82) is 0 Å². The summed E-state index contributed by atoms with van der Waals surface area (Å²) in [5, 5.41) is 9.01. The monoisotopic (exact) mass is 215 g/mol. The second kappa shape index (κ2) is 5.22. The standard InChI is InChI=1S/C10H14FNOS/c1-7(4-5-13)14-10-3-2-8(11)6-9(10)12/h2-3,6-7,13H,4-5,12H2,1H3. The van der Waals surface area contributed by atoms with Gasteiger partial charge in [-0.2, -0.15) is 0 Å². The summed E-state index contributed by atoms with van der Waals surface area (Å²) >= 11 is 1.55. The molecule has 0 amide bonds. The number of nitrogen functional groups attached to an aromatic ring is 1. The molecular weight excluding hydrogens is 201 g/mol. The summed E-state index contributed by atoms with van der Waals surface area (Å²) in [5.41, 5.74) is 6.10. The Bertz CT molecular complexity index is 306. The molecule has 1 aromatic rings. The number of hydrogen-bond acceptors (Lipinski definition) is 3. The minimum absolute atomic E-state index is 0.162. The summed E-state index contributed by atoms with van der Waals surface area (Å²) in [4.78, 5) is 0.868. The van der Waals surface area contributed by atoms with Gasteiger partial charge in [-0.15, -0.1) is 11.8 Å². The summed E-state index contributed by atoms with van der Waals surface area (Å²) < 4.78 is 12.7. The van der Waals surface area contributed by atoms with Crippen LogP contribution < -0.4 is 5.73 Å². The van der Waals surface area contributed by atoms with E-state index in [1.165, 1.54) is 12.1 Å². The Kier molecular flexibility index (Phi) is 4.22. The maximum atomic E-state index is 12.7. The molecule has 0 spiro atoms. The van der Waals surface area contributed by atoms with E-state index in [1.54, 1.807) is 17.8 Å². The van der Waals surface area contributed by atoms with Crippen molar-refractivity contribution in [2.45, 2.75) is 23.5 Å². The second-order valence-corrected chi connectivity index (χ2v) is 4.60. The van der Waals surface area contributed by atoms with Gasteiger partial charge in [0, 0.05) is 22.4 Å². The van der Waals surface area contributed by atoms with Crippen molar-refractivity contribution in [2.75, 3.05) is 12.3 Å². The highest BCUT2D eigenvalue weighted by atomic mass is 32.2. The molecule has 2 nitrogen and oxygen atoms in total. The Labute approximate surface area is 87.3 Å². The number of thioether (sulfide) groups is 1. The second-order valence-electron chi connectivity index (χ2n) is 3.12. The van der Waals surface area contributed by atoms with Crippen LogP contribution in [-0.2, 0) is 0 Å². The molecule has 0 aromatic heterocycles. The van der Waals surface area contributed by atoms with Crippen molar-refractivity contribution in [3.8, 4) is 0 Å². The fourth-order valence-electron chi connectivity index (χ4n) is 1.08. The molecule has 0 radical (unpaired) electrons. The van der Waals surface area contributed by atoms with Crippen LogP contribution in [0.15, 0.2) is 23.1 Å².